The van der Waals surface area contributed by atoms with Crippen molar-refractivity contribution in [2.75, 3.05) is 12.0 Å². The first-order chi connectivity index (χ1) is 9.33. The molecule has 2 aromatic rings. The average molecular weight is 259 g/mol. The van der Waals surface area contributed by atoms with Gasteiger partial charge in [0.2, 0.25) is 0 Å². The van der Waals surface area contributed by atoms with Crippen LogP contribution in [0.1, 0.15) is 12.5 Å². The third kappa shape index (κ3) is 3.59. The SMILES string of the molecule is CCOc1ccccc1OCc1ccc(NN)nc1. The molecule has 0 aliphatic rings. The van der Waals surface area contributed by atoms with Crippen molar-refractivity contribution in [3.8, 4) is 11.5 Å². The van der Waals surface area contributed by atoms with Crippen LogP contribution in [0, 0.1) is 0 Å². The molecule has 1 heterocycles. The molecule has 1 aromatic heterocycles. The number of hydrogen-bond donors (Lipinski definition) is 2. The fraction of sp³-hybridized carbons (Fsp3) is 0.214. The maximum atomic E-state index is 5.73. The van der Waals surface area contributed by atoms with Crippen LogP contribution in [0.25, 0.3) is 0 Å². The van der Waals surface area contributed by atoms with Gasteiger partial charge in [-0.3, -0.25) is 0 Å². The number of nitrogens with two attached hydrogens (primary N) is 1. The van der Waals surface area contributed by atoms with Crippen LogP contribution in [-0.2, 0) is 6.61 Å². The molecule has 0 amide bonds. The molecule has 0 atom stereocenters. The summed E-state index contributed by atoms with van der Waals surface area (Å²) >= 11 is 0. The summed E-state index contributed by atoms with van der Waals surface area (Å²) in [4.78, 5) is 4.12. The molecule has 19 heavy (non-hydrogen) atoms. The molecular formula is C14H17N3O2. The molecule has 0 saturated heterocycles. The van der Waals surface area contributed by atoms with Crippen molar-refractivity contribution in [1.29, 1.82) is 0 Å². The molecule has 3 N–H and O–H groups in total. The Kier molecular flexibility index (Phi) is 4.58. The van der Waals surface area contributed by atoms with Crippen molar-refractivity contribution in [3.05, 3.63) is 48.2 Å². The van der Waals surface area contributed by atoms with E-state index in [-0.39, 0.29) is 0 Å². The first-order valence-corrected chi connectivity index (χ1v) is 6.09. The number of aromatic nitrogens is 1. The molecule has 1 aromatic carbocycles. The maximum absolute atomic E-state index is 5.73. The van der Waals surface area contributed by atoms with Crippen LogP contribution in [0.3, 0.4) is 0 Å². The zero-order valence-corrected chi connectivity index (χ0v) is 10.8. The molecule has 100 valence electrons. The molecular weight excluding hydrogens is 242 g/mol. The predicted molar refractivity (Wildman–Crippen MR) is 74.0 cm³/mol. The Balaban J connectivity index is 2.01. The van der Waals surface area contributed by atoms with Crippen LogP contribution >= 0.6 is 0 Å². The number of ether oxygens (including phenoxy) is 2. The highest BCUT2D eigenvalue weighted by atomic mass is 16.5. The van der Waals surface area contributed by atoms with E-state index in [2.05, 4.69) is 10.4 Å². The Hall–Kier alpha value is -2.27. The molecule has 0 fully saturated rings. The third-order valence-electron chi connectivity index (χ3n) is 2.52. The minimum absolute atomic E-state index is 0.432. The molecule has 5 nitrogen and oxygen atoms in total. The summed E-state index contributed by atoms with van der Waals surface area (Å²) in [6.45, 7) is 2.99. The minimum Gasteiger partial charge on any atom is -0.490 e. The van der Waals surface area contributed by atoms with Crippen LogP contribution < -0.4 is 20.7 Å². The summed E-state index contributed by atoms with van der Waals surface area (Å²) in [6, 6.07) is 11.3. The molecule has 0 unspecified atom stereocenters. The highest BCUT2D eigenvalue weighted by molar-refractivity contribution is 5.40. The Morgan fingerprint density at radius 3 is 2.42 bits per heavy atom. The maximum Gasteiger partial charge on any atom is 0.161 e. The first-order valence-electron chi connectivity index (χ1n) is 6.09. The normalized spacial score (nSPS) is 10.0. The topological polar surface area (TPSA) is 69.4 Å². The van der Waals surface area contributed by atoms with Crippen LogP contribution in [0.4, 0.5) is 5.82 Å². The zero-order valence-electron chi connectivity index (χ0n) is 10.8. The van der Waals surface area contributed by atoms with Crippen molar-refractivity contribution in [1.82, 2.24) is 4.98 Å². The Bertz CT molecular complexity index is 514. The van der Waals surface area contributed by atoms with Crippen LogP contribution in [0.2, 0.25) is 0 Å². The molecule has 0 radical (unpaired) electrons. The second kappa shape index (κ2) is 6.61. The molecule has 0 bridgehead atoms. The van der Waals surface area contributed by atoms with Crippen LogP contribution in [0.15, 0.2) is 42.6 Å². The lowest BCUT2D eigenvalue weighted by Crippen LogP contribution is -2.08. The standard InChI is InChI=1S/C14H17N3O2/c1-2-18-12-5-3-4-6-13(12)19-10-11-7-8-14(17-15)16-9-11/h3-9H,2,10,15H2,1H3,(H,16,17). The number of anilines is 1. The minimum atomic E-state index is 0.432. The van der Waals surface area contributed by atoms with Crippen LogP contribution in [-0.4, -0.2) is 11.6 Å². The summed E-state index contributed by atoms with van der Waals surface area (Å²) in [5.74, 6) is 7.36. The quantitative estimate of drug-likeness (QED) is 0.615. The molecule has 0 aliphatic carbocycles. The summed E-state index contributed by atoms with van der Waals surface area (Å²) in [6.07, 6.45) is 1.72. The lowest BCUT2D eigenvalue weighted by molar-refractivity contribution is 0.269. The van der Waals surface area contributed by atoms with Gasteiger partial charge in [0.25, 0.3) is 0 Å². The monoisotopic (exact) mass is 259 g/mol. The van der Waals surface area contributed by atoms with E-state index in [4.69, 9.17) is 15.3 Å². The third-order valence-corrected chi connectivity index (χ3v) is 2.52. The molecule has 2 rings (SSSR count). The van der Waals surface area contributed by atoms with E-state index < -0.39 is 0 Å². The van der Waals surface area contributed by atoms with Gasteiger partial charge in [0, 0.05) is 11.8 Å². The van der Waals surface area contributed by atoms with Gasteiger partial charge >= 0.3 is 0 Å². The van der Waals surface area contributed by atoms with Crippen LogP contribution in [0.5, 0.6) is 11.5 Å². The van der Waals surface area contributed by atoms with E-state index in [0.29, 0.717) is 19.0 Å². The highest BCUT2D eigenvalue weighted by Gasteiger charge is 2.04. The smallest absolute Gasteiger partial charge is 0.161 e. The van der Waals surface area contributed by atoms with Crippen molar-refractivity contribution < 1.29 is 9.47 Å². The number of nitrogen functional groups attached to an aromatic ring is 1. The number of hydrogen-bond acceptors (Lipinski definition) is 5. The lowest BCUT2D eigenvalue weighted by atomic mass is 10.3. The van der Waals surface area contributed by atoms with Gasteiger partial charge in [-0.2, -0.15) is 0 Å². The Morgan fingerprint density at radius 2 is 1.84 bits per heavy atom. The number of pyridine rings is 1. The number of nitrogens with one attached hydrogen (secondary N) is 1. The van der Waals surface area contributed by atoms with Gasteiger partial charge in [-0.1, -0.05) is 18.2 Å². The molecule has 0 saturated carbocycles. The van der Waals surface area contributed by atoms with Crippen molar-refractivity contribution >= 4 is 5.82 Å². The second-order valence-electron chi connectivity index (χ2n) is 3.86. The first kappa shape index (κ1) is 13.2. The van der Waals surface area contributed by atoms with Gasteiger partial charge in [0.1, 0.15) is 12.4 Å². The van der Waals surface area contributed by atoms with Gasteiger partial charge in [0.05, 0.1) is 6.61 Å². The number of para-hydroxylation sites is 2. The van der Waals surface area contributed by atoms with E-state index in [1.54, 1.807) is 12.3 Å². The number of rotatable bonds is 6. The molecule has 5 heteroatoms. The van der Waals surface area contributed by atoms with Crippen molar-refractivity contribution in [2.45, 2.75) is 13.5 Å². The Labute approximate surface area is 112 Å². The predicted octanol–water partition coefficient (Wildman–Crippen LogP) is 2.34. The largest absolute Gasteiger partial charge is 0.490 e. The van der Waals surface area contributed by atoms with E-state index >= 15 is 0 Å². The highest BCUT2D eigenvalue weighted by Crippen LogP contribution is 2.27. The number of benzene rings is 1. The van der Waals surface area contributed by atoms with E-state index in [0.717, 1.165) is 17.1 Å². The van der Waals surface area contributed by atoms with Gasteiger partial charge < -0.3 is 14.9 Å². The summed E-state index contributed by atoms with van der Waals surface area (Å²) in [5.41, 5.74) is 3.45. The van der Waals surface area contributed by atoms with E-state index in [1.165, 1.54) is 0 Å². The number of hydrazine groups is 1. The second-order valence-corrected chi connectivity index (χ2v) is 3.86. The fourth-order valence-electron chi connectivity index (χ4n) is 1.60. The average Bonchev–Trinajstić information content (AvgIpc) is 2.47. The lowest BCUT2D eigenvalue weighted by Gasteiger charge is -2.11. The van der Waals surface area contributed by atoms with Gasteiger partial charge in [-0.05, 0) is 25.1 Å². The zero-order chi connectivity index (χ0) is 13.5. The summed E-state index contributed by atoms with van der Waals surface area (Å²) in [7, 11) is 0. The molecule has 0 spiro atoms. The van der Waals surface area contributed by atoms with Gasteiger partial charge in [0.15, 0.2) is 11.5 Å². The van der Waals surface area contributed by atoms with Crippen molar-refractivity contribution in [3.63, 3.8) is 0 Å². The molecule has 0 aliphatic heterocycles. The fourth-order valence-corrected chi connectivity index (χ4v) is 1.60. The van der Waals surface area contributed by atoms with E-state index in [9.17, 15) is 0 Å². The van der Waals surface area contributed by atoms with Gasteiger partial charge in [-0.25, -0.2) is 10.8 Å². The van der Waals surface area contributed by atoms with Crippen molar-refractivity contribution in [2.24, 2.45) is 5.84 Å². The Morgan fingerprint density at radius 1 is 1.11 bits per heavy atom. The number of nitrogens with zero attached hydrogens (tertiary/aromatic N) is 1. The van der Waals surface area contributed by atoms with E-state index in [1.807, 2.05) is 37.3 Å². The summed E-state index contributed by atoms with van der Waals surface area (Å²) < 4.78 is 11.2. The summed E-state index contributed by atoms with van der Waals surface area (Å²) in [5, 5.41) is 0. The van der Waals surface area contributed by atoms with Gasteiger partial charge in [-0.15, -0.1) is 0 Å².